The highest BCUT2D eigenvalue weighted by atomic mass is 32.2. The molecule has 0 bridgehead atoms. The first-order valence-corrected chi connectivity index (χ1v) is 12.7. The highest BCUT2D eigenvalue weighted by molar-refractivity contribution is 7.89. The van der Waals surface area contributed by atoms with Gasteiger partial charge in [0.2, 0.25) is 10.0 Å². The van der Waals surface area contributed by atoms with E-state index >= 15 is 0 Å². The molecule has 2 heterocycles. The predicted octanol–water partition coefficient (Wildman–Crippen LogP) is 3.35. The van der Waals surface area contributed by atoms with E-state index in [4.69, 9.17) is 9.47 Å². The van der Waals surface area contributed by atoms with Crippen LogP contribution >= 0.6 is 0 Å². The Kier molecular flexibility index (Phi) is 7.62. The van der Waals surface area contributed by atoms with Crippen molar-refractivity contribution in [2.45, 2.75) is 18.4 Å². The molecule has 0 aliphatic carbocycles. The van der Waals surface area contributed by atoms with Gasteiger partial charge in [0.15, 0.2) is 11.5 Å². The second-order valence-corrected chi connectivity index (χ2v) is 9.84. The van der Waals surface area contributed by atoms with Crippen LogP contribution in [0, 0.1) is 5.82 Å². The van der Waals surface area contributed by atoms with Gasteiger partial charge in [0.05, 0.1) is 11.5 Å². The molecule has 1 fully saturated rings. The minimum absolute atomic E-state index is 0.0968. The molecule has 1 amide bonds. The van der Waals surface area contributed by atoms with E-state index in [1.54, 1.807) is 35.5 Å². The molecule has 1 aliphatic rings. The van der Waals surface area contributed by atoms with Crippen molar-refractivity contribution in [1.82, 2.24) is 14.2 Å². The summed E-state index contributed by atoms with van der Waals surface area (Å²) in [4.78, 5) is 18.7. The average Bonchev–Trinajstić information content (AvgIpc) is 2.88. The third kappa shape index (κ3) is 5.77. The number of benzene rings is 2. The second-order valence-electron chi connectivity index (χ2n) is 7.90. The zero-order chi connectivity index (χ0) is 24.8. The van der Waals surface area contributed by atoms with Gasteiger partial charge >= 0.3 is 0 Å². The molecule has 10 heteroatoms. The van der Waals surface area contributed by atoms with Crippen molar-refractivity contribution in [3.63, 3.8) is 0 Å². The zero-order valence-corrected chi connectivity index (χ0v) is 20.1. The summed E-state index contributed by atoms with van der Waals surface area (Å²) < 4.78 is 52.0. The van der Waals surface area contributed by atoms with E-state index in [9.17, 15) is 17.6 Å². The largest absolute Gasteiger partial charge is 0.490 e. The van der Waals surface area contributed by atoms with Crippen LogP contribution in [0.3, 0.4) is 0 Å². The molecule has 8 nitrogen and oxygen atoms in total. The Hall–Kier alpha value is -3.50. The monoisotopic (exact) mass is 499 g/mol. The van der Waals surface area contributed by atoms with Crippen LogP contribution in [0.5, 0.6) is 11.5 Å². The minimum atomic E-state index is -3.83. The molecule has 35 heavy (non-hydrogen) atoms. The number of pyridine rings is 1. The van der Waals surface area contributed by atoms with Crippen LogP contribution < -0.4 is 9.47 Å². The molecule has 1 aliphatic heterocycles. The van der Waals surface area contributed by atoms with Crippen LogP contribution in [0.15, 0.2) is 71.9 Å². The number of carbonyl (C=O) groups excluding carboxylic acids is 1. The number of nitrogens with zero attached hydrogens (tertiary/aromatic N) is 3. The van der Waals surface area contributed by atoms with Crippen LogP contribution in [-0.4, -0.2) is 61.3 Å². The number of carbonyl (C=O) groups is 1. The maximum absolute atomic E-state index is 13.5. The Labute approximate surface area is 204 Å². The third-order valence-corrected chi connectivity index (χ3v) is 7.46. The number of aromatic nitrogens is 1. The molecule has 0 saturated carbocycles. The Bertz CT molecular complexity index is 1280. The van der Waals surface area contributed by atoms with Crippen LogP contribution in [0.4, 0.5) is 4.39 Å². The summed E-state index contributed by atoms with van der Waals surface area (Å²) in [6.07, 6.45) is 3.40. The Balaban J connectivity index is 1.42. The quantitative estimate of drug-likeness (QED) is 0.472. The van der Waals surface area contributed by atoms with Crippen molar-refractivity contribution in [1.29, 1.82) is 0 Å². The van der Waals surface area contributed by atoms with E-state index in [1.807, 2.05) is 19.1 Å². The number of amides is 1. The Morgan fingerprint density at radius 3 is 2.49 bits per heavy atom. The first-order valence-electron chi connectivity index (χ1n) is 11.2. The van der Waals surface area contributed by atoms with E-state index < -0.39 is 15.8 Å². The van der Waals surface area contributed by atoms with Crippen molar-refractivity contribution in [3.8, 4) is 11.5 Å². The number of rotatable bonds is 8. The SMILES string of the molecule is CCOc1cc(C(=O)N2CCN(S(=O)(=O)c3cccc(F)c3)CC2)ccc1OCc1cccnc1. The third-order valence-electron chi connectivity index (χ3n) is 5.57. The number of ether oxygens (including phenoxy) is 2. The highest BCUT2D eigenvalue weighted by Crippen LogP contribution is 2.30. The van der Waals surface area contributed by atoms with Crippen LogP contribution in [0.25, 0.3) is 0 Å². The minimum Gasteiger partial charge on any atom is -0.490 e. The lowest BCUT2D eigenvalue weighted by atomic mass is 10.1. The first-order chi connectivity index (χ1) is 16.9. The van der Waals surface area contributed by atoms with Gasteiger partial charge in [0.1, 0.15) is 12.4 Å². The summed E-state index contributed by atoms with van der Waals surface area (Å²) in [5.41, 5.74) is 1.32. The van der Waals surface area contributed by atoms with Gasteiger partial charge in [-0.05, 0) is 49.4 Å². The average molecular weight is 500 g/mol. The maximum Gasteiger partial charge on any atom is 0.254 e. The molecule has 3 aromatic rings. The summed E-state index contributed by atoms with van der Waals surface area (Å²) in [7, 11) is -3.83. The van der Waals surface area contributed by atoms with Gasteiger partial charge in [-0.15, -0.1) is 0 Å². The summed E-state index contributed by atoms with van der Waals surface area (Å²) in [6, 6.07) is 13.7. The first kappa shape index (κ1) is 24.6. The van der Waals surface area contributed by atoms with Crippen LogP contribution in [-0.2, 0) is 16.6 Å². The van der Waals surface area contributed by atoms with E-state index in [2.05, 4.69) is 4.98 Å². The van der Waals surface area contributed by atoms with Gasteiger partial charge in [-0.2, -0.15) is 4.31 Å². The predicted molar refractivity (Wildman–Crippen MR) is 127 cm³/mol. The van der Waals surface area contributed by atoms with Crippen molar-refractivity contribution in [3.05, 3.63) is 83.9 Å². The van der Waals surface area contributed by atoms with Crippen LogP contribution in [0.1, 0.15) is 22.8 Å². The molecule has 0 unspecified atom stereocenters. The Morgan fingerprint density at radius 1 is 1.00 bits per heavy atom. The van der Waals surface area contributed by atoms with Gasteiger partial charge in [-0.1, -0.05) is 12.1 Å². The lowest BCUT2D eigenvalue weighted by Crippen LogP contribution is -2.50. The van der Waals surface area contributed by atoms with E-state index in [1.165, 1.54) is 22.5 Å². The van der Waals surface area contributed by atoms with E-state index in [-0.39, 0.29) is 37.0 Å². The summed E-state index contributed by atoms with van der Waals surface area (Å²) >= 11 is 0. The molecule has 0 spiro atoms. The van der Waals surface area contributed by atoms with Crippen molar-refractivity contribution >= 4 is 15.9 Å². The summed E-state index contributed by atoms with van der Waals surface area (Å²) in [5.74, 6) is 0.123. The van der Waals surface area contributed by atoms with Gasteiger partial charge in [0, 0.05) is 49.7 Å². The number of halogens is 1. The molecule has 4 rings (SSSR count). The maximum atomic E-state index is 13.5. The fourth-order valence-electron chi connectivity index (χ4n) is 3.76. The standard InChI is InChI=1S/C25H26FN3O5S/c1-2-33-24-15-20(8-9-23(24)34-18-19-5-4-10-27-17-19)25(30)28-11-13-29(14-12-28)35(31,32)22-7-3-6-21(26)16-22/h3-10,15-17H,2,11-14,18H2,1H3. The Morgan fingerprint density at radius 2 is 1.80 bits per heavy atom. The normalized spacial score (nSPS) is 14.5. The van der Waals surface area contributed by atoms with Gasteiger partial charge in [0.25, 0.3) is 5.91 Å². The molecule has 2 aromatic carbocycles. The van der Waals surface area contributed by atoms with E-state index in [0.29, 0.717) is 30.3 Å². The van der Waals surface area contributed by atoms with Gasteiger partial charge in [-0.25, -0.2) is 12.8 Å². The molecule has 1 saturated heterocycles. The molecule has 1 aromatic heterocycles. The lowest BCUT2D eigenvalue weighted by molar-refractivity contribution is 0.0697. The number of sulfonamides is 1. The van der Waals surface area contributed by atoms with Crippen molar-refractivity contribution in [2.75, 3.05) is 32.8 Å². The molecular formula is C25H26FN3O5S. The lowest BCUT2D eigenvalue weighted by Gasteiger charge is -2.34. The van der Waals surface area contributed by atoms with E-state index in [0.717, 1.165) is 11.6 Å². The van der Waals surface area contributed by atoms with Crippen molar-refractivity contribution < 1.29 is 27.1 Å². The number of hydrogen-bond donors (Lipinski definition) is 0. The fraction of sp³-hybridized carbons (Fsp3) is 0.280. The highest BCUT2D eigenvalue weighted by Gasteiger charge is 2.31. The molecular weight excluding hydrogens is 473 g/mol. The van der Waals surface area contributed by atoms with Crippen molar-refractivity contribution in [2.24, 2.45) is 0 Å². The number of piperazine rings is 1. The topological polar surface area (TPSA) is 89.0 Å². The molecule has 0 N–H and O–H groups in total. The smallest absolute Gasteiger partial charge is 0.254 e. The second kappa shape index (κ2) is 10.8. The fourth-order valence-corrected chi connectivity index (χ4v) is 5.22. The number of hydrogen-bond acceptors (Lipinski definition) is 6. The van der Waals surface area contributed by atoms with Gasteiger partial charge in [-0.3, -0.25) is 9.78 Å². The molecule has 184 valence electrons. The van der Waals surface area contributed by atoms with Gasteiger partial charge < -0.3 is 14.4 Å². The summed E-state index contributed by atoms with van der Waals surface area (Å²) in [6.45, 7) is 3.23. The molecule has 0 atom stereocenters. The zero-order valence-electron chi connectivity index (χ0n) is 19.3. The van der Waals surface area contributed by atoms with Crippen LogP contribution in [0.2, 0.25) is 0 Å². The molecule has 0 radical (unpaired) electrons. The summed E-state index contributed by atoms with van der Waals surface area (Å²) in [5, 5.41) is 0.